The number of furan rings is 1. The van der Waals surface area contributed by atoms with Crippen molar-refractivity contribution in [1.29, 1.82) is 0 Å². The van der Waals surface area contributed by atoms with Gasteiger partial charge in [0.15, 0.2) is 0 Å². The topological polar surface area (TPSA) is 62.5 Å². The van der Waals surface area contributed by atoms with E-state index in [0.29, 0.717) is 18.3 Å². The van der Waals surface area contributed by atoms with E-state index in [9.17, 15) is 4.79 Å². The van der Waals surface area contributed by atoms with Crippen LogP contribution in [0.4, 0.5) is 0 Å². The number of carboxylic acids is 1. The number of nitrogens with one attached hydrogen (secondary N) is 1. The number of carbonyl (C=O) groups is 1. The van der Waals surface area contributed by atoms with E-state index in [1.807, 2.05) is 6.92 Å². The van der Waals surface area contributed by atoms with Crippen molar-refractivity contribution in [3.05, 3.63) is 23.7 Å². The zero-order valence-corrected chi connectivity index (χ0v) is 8.41. The normalized spacial score (nSPS) is 12.7. The molecule has 0 aliphatic carbocycles. The van der Waals surface area contributed by atoms with E-state index in [-0.39, 0.29) is 5.56 Å². The van der Waals surface area contributed by atoms with Gasteiger partial charge in [0.2, 0.25) is 0 Å². The molecule has 2 N–H and O–H groups in total. The number of hydrogen-bond donors (Lipinski definition) is 2. The molecule has 4 nitrogen and oxygen atoms in total. The molecule has 78 valence electrons. The Kier molecular flexibility index (Phi) is 3.71. The van der Waals surface area contributed by atoms with E-state index in [1.165, 1.54) is 12.3 Å². The van der Waals surface area contributed by atoms with E-state index in [2.05, 4.69) is 12.2 Å². The Morgan fingerprint density at radius 3 is 3.00 bits per heavy atom. The summed E-state index contributed by atoms with van der Waals surface area (Å²) in [5.41, 5.74) is 0.237. The van der Waals surface area contributed by atoms with Gasteiger partial charge in [-0.2, -0.15) is 0 Å². The highest BCUT2D eigenvalue weighted by Crippen LogP contribution is 2.10. The predicted molar refractivity (Wildman–Crippen MR) is 52.3 cm³/mol. The van der Waals surface area contributed by atoms with Gasteiger partial charge in [0.05, 0.1) is 12.8 Å². The first-order chi connectivity index (χ1) is 6.65. The third-order valence-electron chi connectivity index (χ3n) is 2.20. The lowest BCUT2D eigenvalue weighted by atomic mass is 10.2. The highest BCUT2D eigenvalue weighted by Gasteiger charge is 2.13. The maximum atomic E-state index is 10.7. The van der Waals surface area contributed by atoms with E-state index >= 15 is 0 Å². The van der Waals surface area contributed by atoms with Crippen LogP contribution in [0.3, 0.4) is 0 Å². The van der Waals surface area contributed by atoms with Crippen LogP contribution in [0.5, 0.6) is 0 Å². The summed E-state index contributed by atoms with van der Waals surface area (Å²) in [6.07, 6.45) is 2.40. The summed E-state index contributed by atoms with van der Waals surface area (Å²) in [4.78, 5) is 10.7. The third kappa shape index (κ3) is 2.60. The van der Waals surface area contributed by atoms with Crippen LogP contribution in [-0.2, 0) is 6.54 Å². The van der Waals surface area contributed by atoms with Gasteiger partial charge in [-0.25, -0.2) is 4.79 Å². The van der Waals surface area contributed by atoms with Crippen LogP contribution in [-0.4, -0.2) is 17.1 Å². The lowest BCUT2D eigenvalue weighted by Gasteiger charge is -2.09. The Morgan fingerprint density at radius 2 is 2.43 bits per heavy atom. The molecule has 1 aromatic heterocycles. The van der Waals surface area contributed by atoms with Crippen LogP contribution in [0.15, 0.2) is 16.7 Å². The molecule has 0 bridgehead atoms. The van der Waals surface area contributed by atoms with Crippen molar-refractivity contribution in [3.63, 3.8) is 0 Å². The van der Waals surface area contributed by atoms with Gasteiger partial charge in [-0.05, 0) is 19.4 Å². The Morgan fingerprint density at radius 1 is 1.71 bits per heavy atom. The molecule has 1 aromatic rings. The van der Waals surface area contributed by atoms with E-state index in [1.54, 1.807) is 0 Å². The first kappa shape index (κ1) is 10.8. The van der Waals surface area contributed by atoms with Gasteiger partial charge >= 0.3 is 5.97 Å². The average molecular weight is 197 g/mol. The molecule has 0 fully saturated rings. The molecular formula is C10H15NO3. The van der Waals surface area contributed by atoms with Gasteiger partial charge in [0.25, 0.3) is 0 Å². The third-order valence-corrected chi connectivity index (χ3v) is 2.20. The van der Waals surface area contributed by atoms with Crippen molar-refractivity contribution in [3.8, 4) is 0 Å². The van der Waals surface area contributed by atoms with Gasteiger partial charge < -0.3 is 14.8 Å². The minimum atomic E-state index is -0.945. The highest BCUT2D eigenvalue weighted by atomic mass is 16.4. The molecular weight excluding hydrogens is 182 g/mol. The summed E-state index contributed by atoms with van der Waals surface area (Å²) in [7, 11) is 0. The minimum Gasteiger partial charge on any atom is -0.478 e. The summed E-state index contributed by atoms with van der Waals surface area (Å²) < 4.78 is 5.08. The molecule has 0 radical (unpaired) electrons. The molecule has 4 heteroatoms. The quantitative estimate of drug-likeness (QED) is 0.756. The molecule has 0 saturated heterocycles. The molecule has 1 atom stereocenters. The molecule has 0 aromatic carbocycles. The van der Waals surface area contributed by atoms with Crippen molar-refractivity contribution in [2.24, 2.45) is 0 Å². The summed E-state index contributed by atoms with van der Waals surface area (Å²) in [5.74, 6) is -0.461. The second-order valence-electron chi connectivity index (χ2n) is 3.25. The lowest BCUT2D eigenvalue weighted by Crippen LogP contribution is -2.24. The molecule has 0 spiro atoms. The number of carboxylic acid groups (broad SMARTS) is 1. The Bertz CT molecular complexity index is 306. The molecule has 1 unspecified atom stereocenters. The summed E-state index contributed by atoms with van der Waals surface area (Å²) >= 11 is 0. The van der Waals surface area contributed by atoms with Gasteiger partial charge in [-0.3, -0.25) is 0 Å². The highest BCUT2D eigenvalue weighted by molar-refractivity contribution is 5.88. The molecule has 0 amide bonds. The van der Waals surface area contributed by atoms with Crippen molar-refractivity contribution < 1.29 is 14.3 Å². The molecule has 14 heavy (non-hydrogen) atoms. The zero-order chi connectivity index (χ0) is 10.6. The van der Waals surface area contributed by atoms with Crippen LogP contribution in [0, 0.1) is 0 Å². The fraction of sp³-hybridized carbons (Fsp3) is 0.500. The number of aromatic carboxylic acids is 1. The summed E-state index contributed by atoms with van der Waals surface area (Å²) in [5, 5.41) is 12.0. The van der Waals surface area contributed by atoms with Crippen LogP contribution in [0.1, 0.15) is 36.4 Å². The fourth-order valence-corrected chi connectivity index (χ4v) is 1.08. The molecule has 1 rings (SSSR count). The Labute approximate surface area is 82.9 Å². The zero-order valence-electron chi connectivity index (χ0n) is 8.41. The van der Waals surface area contributed by atoms with E-state index in [0.717, 1.165) is 6.42 Å². The second-order valence-corrected chi connectivity index (χ2v) is 3.25. The Balaban J connectivity index is 2.58. The first-order valence-electron chi connectivity index (χ1n) is 4.68. The van der Waals surface area contributed by atoms with Crippen LogP contribution in [0.2, 0.25) is 0 Å². The monoisotopic (exact) mass is 197 g/mol. The average Bonchev–Trinajstić information content (AvgIpc) is 2.62. The van der Waals surface area contributed by atoms with Gasteiger partial charge in [-0.15, -0.1) is 0 Å². The largest absolute Gasteiger partial charge is 0.478 e. The van der Waals surface area contributed by atoms with Gasteiger partial charge in [-0.1, -0.05) is 6.92 Å². The first-order valence-corrected chi connectivity index (χ1v) is 4.68. The molecule has 0 aliphatic heterocycles. The van der Waals surface area contributed by atoms with Gasteiger partial charge in [0.1, 0.15) is 11.3 Å². The number of rotatable bonds is 5. The lowest BCUT2D eigenvalue weighted by molar-refractivity contribution is 0.0694. The smallest absolute Gasteiger partial charge is 0.339 e. The molecule has 0 saturated carbocycles. The van der Waals surface area contributed by atoms with Gasteiger partial charge in [0, 0.05) is 6.04 Å². The van der Waals surface area contributed by atoms with Crippen molar-refractivity contribution in [2.75, 3.05) is 0 Å². The minimum absolute atomic E-state index is 0.237. The SMILES string of the molecule is CCC(C)NCc1occc1C(=O)O. The summed E-state index contributed by atoms with van der Waals surface area (Å²) in [6.45, 7) is 4.57. The van der Waals surface area contributed by atoms with Crippen LogP contribution in [0.25, 0.3) is 0 Å². The maximum absolute atomic E-state index is 10.7. The second kappa shape index (κ2) is 4.81. The molecule has 1 heterocycles. The maximum Gasteiger partial charge on any atom is 0.339 e. The summed E-state index contributed by atoms with van der Waals surface area (Å²) in [6, 6.07) is 1.83. The standard InChI is InChI=1S/C10H15NO3/c1-3-7(2)11-6-9-8(10(12)13)4-5-14-9/h4-5,7,11H,3,6H2,1-2H3,(H,12,13). The van der Waals surface area contributed by atoms with Crippen LogP contribution < -0.4 is 5.32 Å². The number of hydrogen-bond acceptors (Lipinski definition) is 3. The van der Waals surface area contributed by atoms with Crippen molar-refractivity contribution in [2.45, 2.75) is 32.9 Å². The van der Waals surface area contributed by atoms with Crippen LogP contribution >= 0.6 is 0 Å². The van der Waals surface area contributed by atoms with E-state index < -0.39 is 5.97 Å². The van der Waals surface area contributed by atoms with Crippen molar-refractivity contribution >= 4 is 5.97 Å². The predicted octanol–water partition coefficient (Wildman–Crippen LogP) is 1.87. The van der Waals surface area contributed by atoms with Crippen molar-refractivity contribution in [1.82, 2.24) is 5.32 Å². The fourth-order valence-electron chi connectivity index (χ4n) is 1.08. The Hall–Kier alpha value is -1.29. The van der Waals surface area contributed by atoms with E-state index in [4.69, 9.17) is 9.52 Å². The molecule has 0 aliphatic rings.